The molecule has 1 aliphatic rings. The number of piperidine rings is 1. The number of nitrogens with one attached hydrogen (secondary N) is 1. The summed E-state index contributed by atoms with van der Waals surface area (Å²) in [4.78, 5) is 56.1. The van der Waals surface area contributed by atoms with Gasteiger partial charge in [0.15, 0.2) is 0 Å². The van der Waals surface area contributed by atoms with Gasteiger partial charge < -0.3 is 24.3 Å². The van der Waals surface area contributed by atoms with E-state index in [-0.39, 0.29) is 30.2 Å². The minimum Gasteiger partial charge on any atom is -0.466 e. The summed E-state index contributed by atoms with van der Waals surface area (Å²) in [7, 11) is 2.86. The summed E-state index contributed by atoms with van der Waals surface area (Å²) >= 11 is 0. The number of esters is 2. The normalized spacial score (nSPS) is 16.0. The Hall–Kier alpha value is -2.84. The van der Waals surface area contributed by atoms with Crippen LogP contribution >= 0.6 is 0 Å². The van der Waals surface area contributed by atoms with Crippen LogP contribution in [0.5, 0.6) is 0 Å². The Bertz CT molecular complexity index is 831. The molecule has 1 N–H and O–H groups in total. The summed E-state index contributed by atoms with van der Waals surface area (Å²) in [5.74, 6) is -1.70. The summed E-state index contributed by atoms with van der Waals surface area (Å²) in [6.07, 6.45) is 2.68. The average molecular weight is 436 g/mol. The Morgan fingerprint density at radius 3 is 2.55 bits per heavy atom. The van der Waals surface area contributed by atoms with E-state index in [2.05, 4.69) is 4.98 Å². The van der Waals surface area contributed by atoms with Crippen molar-refractivity contribution in [3.05, 3.63) is 22.5 Å². The number of hydrogen-bond donors (Lipinski definition) is 1. The van der Waals surface area contributed by atoms with Crippen LogP contribution < -0.4 is 0 Å². The number of aryl methyl sites for hydroxylation is 1. The maximum atomic E-state index is 13.1. The molecule has 0 radical (unpaired) electrons. The number of amides is 2. The van der Waals surface area contributed by atoms with E-state index < -0.39 is 5.97 Å². The summed E-state index contributed by atoms with van der Waals surface area (Å²) in [6.45, 7) is 6.47. The van der Waals surface area contributed by atoms with Crippen molar-refractivity contribution in [3.8, 4) is 0 Å². The van der Waals surface area contributed by atoms with Crippen LogP contribution in [0.4, 0.5) is 0 Å². The molecule has 1 aromatic heterocycles. The fraction of sp³-hybridized carbons (Fsp3) is 0.636. The Morgan fingerprint density at radius 2 is 1.94 bits per heavy atom. The third kappa shape index (κ3) is 5.65. The van der Waals surface area contributed by atoms with E-state index in [0.29, 0.717) is 61.5 Å². The minimum atomic E-state index is -0.492. The third-order valence-corrected chi connectivity index (χ3v) is 5.51. The van der Waals surface area contributed by atoms with Crippen molar-refractivity contribution in [3.63, 3.8) is 0 Å². The van der Waals surface area contributed by atoms with Crippen LogP contribution in [0.1, 0.15) is 65.2 Å². The number of rotatable bonds is 8. The SMILES string of the molecule is CCCc1c(C(=O)N(C)CC(=O)N2CCCC(C(=O)OCC)C2)[nH]c(C)c1C(=O)OC. The van der Waals surface area contributed by atoms with Crippen molar-refractivity contribution in [2.24, 2.45) is 5.92 Å². The largest absolute Gasteiger partial charge is 0.466 e. The average Bonchev–Trinajstić information content (AvgIpc) is 3.08. The van der Waals surface area contributed by atoms with E-state index in [0.717, 1.165) is 6.42 Å². The second-order valence-corrected chi connectivity index (χ2v) is 7.81. The van der Waals surface area contributed by atoms with Gasteiger partial charge in [-0.3, -0.25) is 14.4 Å². The standard InChI is InChI=1S/C22H33N3O6/c1-6-9-16-18(22(29)30-5)14(3)23-19(16)20(27)24(4)13-17(26)25-11-8-10-15(12-25)21(28)31-7-2/h15,23H,6-13H2,1-5H3. The lowest BCUT2D eigenvalue weighted by molar-refractivity contribution is -0.151. The molecule has 172 valence electrons. The van der Waals surface area contributed by atoms with Crippen LogP contribution in [-0.2, 0) is 25.5 Å². The molecule has 1 aliphatic heterocycles. The molecule has 0 bridgehead atoms. The second-order valence-electron chi connectivity index (χ2n) is 7.81. The molecular formula is C22H33N3O6. The molecule has 0 aliphatic carbocycles. The van der Waals surface area contributed by atoms with Gasteiger partial charge in [0.2, 0.25) is 5.91 Å². The van der Waals surface area contributed by atoms with Gasteiger partial charge >= 0.3 is 11.9 Å². The molecule has 2 rings (SSSR count). The highest BCUT2D eigenvalue weighted by molar-refractivity contribution is 6.01. The van der Waals surface area contributed by atoms with E-state index in [4.69, 9.17) is 9.47 Å². The number of nitrogens with zero attached hydrogens (tertiary/aromatic N) is 2. The van der Waals surface area contributed by atoms with Crippen molar-refractivity contribution < 1.29 is 28.7 Å². The molecule has 1 atom stereocenters. The fourth-order valence-corrected chi connectivity index (χ4v) is 3.96. The van der Waals surface area contributed by atoms with Crippen LogP contribution in [0.3, 0.4) is 0 Å². The molecule has 31 heavy (non-hydrogen) atoms. The number of ether oxygens (including phenoxy) is 2. The van der Waals surface area contributed by atoms with Gasteiger partial charge in [0.25, 0.3) is 5.91 Å². The monoisotopic (exact) mass is 435 g/mol. The zero-order chi connectivity index (χ0) is 23.1. The summed E-state index contributed by atoms with van der Waals surface area (Å²) in [5.41, 5.74) is 1.85. The number of likely N-dealkylation sites (N-methyl/N-ethyl adjacent to an activating group) is 1. The number of aromatic nitrogens is 1. The lowest BCUT2D eigenvalue weighted by atomic mass is 9.98. The molecular weight excluding hydrogens is 402 g/mol. The second kappa shape index (κ2) is 11.0. The van der Waals surface area contributed by atoms with Gasteiger partial charge in [0.05, 0.1) is 31.7 Å². The molecule has 2 amide bonds. The molecule has 0 spiro atoms. The first-order valence-corrected chi connectivity index (χ1v) is 10.7. The lowest BCUT2D eigenvalue weighted by Crippen LogP contribution is -2.47. The van der Waals surface area contributed by atoms with E-state index >= 15 is 0 Å². The molecule has 1 unspecified atom stereocenters. The zero-order valence-electron chi connectivity index (χ0n) is 19.1. The Kier molecular flexibility index (Phi) is 8.65. The number of aromatic amines is 1. The van der Waals surface area contributed by atoms with Gasteiger partial charge in [0, 0.05) is 25.8 Å². The van der Waals surface area contributed by atoms with Crippen LogP contribution in [0.2, 0.25) is 0 Å². The first-order valence-electron chi connectivity index (χ1n) is 10.7. The van der Waals surface area contributed by atoms with Crippen molar-refractivity contribution in [1.29, 1.82) is 0 Å². The molecule has 1 aromatic rings. The number of hydrogen-bond acceptors (Lipinski definition) is 6. The van der Waals surface area contributed by atoms with Crippen molar-refractivity contribution in [1.82, 2.24) is 14.8 Å². The number of likely N-dealkylation sites (tertiary alicyclic amines) is 1. The maximum absolute atomic E-state index is 13.1. The van der Waals surface area contributed by atoms with E-state index in [1.54, 1.807) is 25.8 Å². The molecule has 9 nitrogen and oxygen atoms in total. The van der Waals surface area contributed by atoms with E-state index in [9.17, 15) is 19.2 Å². The van der Waals surface area contributed by atoms with Crippen molar-refractivity contribution in [2.75, 3.05) is 40.4 Å². The van der Waals surface area contributed by atoms with Gasteiger partial charge in [-0.1, -0.05) is 13.3 Å². The highest BCUT2D eigenvalue weighted by Crippen LogP contribution is 2.23. The summed E-state index contributed by atoms with van der Waals surface area (Å²) in [6, 6.07) is 0. The van der Waals surface area contributed by atoms with Crippen LogP contribution in [0.15, 0.2) is 0 Å². The maximum Gasteiger partial charge on any atom is 0.339 e. The molecule has 1 saturated heterocycles. The fourth-order valence-electron chi connectivity index (χ4n) is 3.96. The van der Waals surface area contributed by atoms with E-state index in [1.165, 1.54) is 12.0 Å². The van der Waals surface area contributed by atoms with E-state index in [1.807, 2.05) is 6.92 Å². The van der Waals surface area contributed by atoms with Crippen molar-refractivity contribution in [2.45, 2.75) is 46.5 Å². The van der Waals surface area contributed by atoms with Gasteiger partial charge in [-0.2, -0.15) is 0 Å². The predicted molar refractivity (Wildman–Crippen MR) is 114 cm³/mol. The molecule has 2 heterocycles. The van der Waals surface area contributed by atoms with Crippen LogP contribution in [-0.4, -0.2) is 78.9 Å². The smallest absolute Gasteiger partial charge is 0.339 e. The predicted octanol–water partition coefficient (Wildman–Crippen LogP) is 1.94. The van der Waals surface area contributed by atoms with Crippen LogP contribution in [0.25, 0.3) is 0 Å². The number of H-pyrrole nitrogens is 1. The Morgan fingerprint density at radius 1 is 1.23 bits per heavy atom. The quantitative estimate of drug-likeness (QED) is 0.625. The summed E-state index contributed by atoms with van der Waals surface area (Å²) < 4.78 is 9.95. The first kappa shape index (κ1) is 24.4. The zero-order valence-corrected chi connectivity index (χ0v) is 19.1. The van der Waals surface area contributed by atoms with Gasteiger partial charge in [0.1, 0.15) is 5.69 Å². The van der Waals surface area contributed by atoms with Gasteiger partial charge in [-0.25, -0.2) is 4.79 Å². The highest BCUT2D eigenvalue weighted by Gasteiger charge is 2.31. The topological polar surface area (TPSA) is 109 Å². The minimum absolute atomic E-state index is 0.119. The van der Waals surface area contributed by atoms with Gasteiger partial charge in [-0.05, 0) is 38.7 Å². The molecule has 1 fully saturated rings. The first-order chi connectivity index (χ1) is 14.7. The molecule has 0 aromatic carbocycles. The van der Waals surface area contributed by atoms with Crippen molar-refractivity contribution >= 4 is 23.8 Å². The number of methoxy groups -OCH3 is 1. The summed E-state index contributed by atoms with van der Waals surface area (Å²) in [5, 5.41) is 0. The third-order valence-electron chi connectivity index (χ3n) is 5.51. The number of carbonyl (C=O) groups excluding carboxylic acids is 4. The molecule has 9 heteroatoms. The highest BCUT2D eigenvalue weighted by atomic mass is 16.5. The molecule has 0 saturated carbocycles. The van der Waals surface area contributed by atoms with Crippen LogP contribution in [0, 0.1) is 12.8 Å². The lowest BCUT2D eigenvalue weighted by Gasteiger charge is -2.32. The number of carbonyl (C=O) groups is 4. The Labute approximate surface area is 183 Å². The van der Waals surface area contributed by atoms with Gasteiger partial charge in [-0.15, -0.1) is 0 Å². The Balaban J connectivity index is 2.12.